The van der Waals surface area contributed by atoms with Crippen molar-refractivity contribution in [1.29, 1.82) is 0 Å². The Bertz CT molecular complexity index is 125. The molecule has 5 atom stereocenters. The molecule has 0 aromatic rings. The Morgan fingerprint density at radius 2 is 1.45 bits per heavy atom. The van der Waals surface area contributed by atoms with Crippen molar-refractivity contribution in [3.8, 4) is 0 Å². The molecule has 1 unspecified atom stereocenters. The lowest BCUT2D eigenvalue weighted by atomic mass is 10.0. The van der Waals surface area contributed by atoms with Crippen molar-refractivity contribution < 1.29 is 25.2 Å². The van der Waals surface area contributed by atoms with Gasteiger partial charge in [0, 0.05) is 0 Å². The minimum absolute atomic E-state index is 0.664. The monoisotopic (exact) mass is 164 g/mol. The summed E-state index contributed by atoms with van der Waals surface area (Å²) in [6, 6.07) is 0. The lowest BCUT2D eigenvalue weighted by molar-refractivity contribution is -0.277. The maximum absolute atomic E-state index is 9.09. The van der Waals surface area contributed by atoms with Gasteiger partial charge in [-0.05, 0) is 6.92 Å². The number of aliphatic hydroxyl groups excluding tert-OH is 4. The molecule has 0 bridgehead atoms. The van der Waals surface area contributed by atoms with Gasteiger partial charge in [0.1, 0.15) is 18.3 Å². The minimum atomic E-state index is -1.43. The second-order valence-corrected chi connectivity index (χ2v) is 2.70. The van der Waals surface area contributed by atoms with Crippen LogP contribution in [0.5, 0.6) is 0 Å². The Morgan fingerprint density at radius 3 is 2.00 bits per heavy atom. The predicted octanol–water partition coefficient (Wildman–Crippen LogP) is -2.19. The van der Waals surface area contributed by atoms with Gasteiger partial charge >= 0.3 is 0 Å². The second kappa shape index (κ2) is 3.04. The fourth-order valence-corrected chi connectivity index (χ4v) is 1.03. The quantitative estimate of drug-likeness (QED) is 0.326. The van der Waals surface area contributed by atoms with Crippen LogP contribution >= 0.6 is 0 Å². The highest BCUT2D eigenvalue weighted by molar-refractivity contribution is 4.86. The van der Waals surface area contributed by atoms with Gasteiger partial charge in [0.2, 0.25) is 0 Å². The summed E-state index contributed by atoms with van der Waals surface area (Å²) in [6.07, 6.45) is -5.99. The number of hydrogen-bond donors (Lipinski definition) is 4. The first-order valence-electron chi connectivity index (χ1n) is 3.41. The van der Waals surface area contributed by atoms with Crippen LogP contribution in [0.4, 0.5) is 0 Å². The van der Waals surface area contributed by atoms with Gasteiger partial charge in [-0.2, -0.15) is 0 Å². The van der Waals surface area contributed by atoms with Gasteiger partial charge in [-0.15, -0.1) is 0 Å². The van der Waals surface area contributed by atoms with Crippen LogP contribution in [0.25, 0.3) is 0 Å². The fourth-order valence-electron chi connectivity index (χ4n) is 1.03. The molecule has 0 amide bonds. The van der Waals surface area contributed by atoms with Gasteiger partial charge in [0.05, 0.1) is 6.10 Å². The molecule has 1 rings (SSSR count). The van der Waals surface area contributed by atoms with E-state index in [0.29, 0.717) is 0 Å². The van der Waals surface area contributed by atoms with Gasteiger partial charge in [0.15, 0.2) is 6.29 Å². The minimum Gasteiger partial charge on any atom is -0.388 e. The molecule has 0 aromatic carbocycles. The molecule has 11 heavy (non-hydrogen) atoms. The fraction of sp³-hybridized carbons (Fsp3) is 1.00. The van der Waals surface area contributed by atoms with Crippen molar-refractivity contribution >= 4 is 0 Å². The summed E-state index contributed by atoms with van der Waals surface area (Å²) in [4.78, 5) is 0. The molecule has 0 saturated carbocycles. The summed E-state index contributed by atoms with van der Waals surface area (Å²) in [5.41, 5.74) is 0. The molecule has 1 saturated heterocycles. The van der Waals surface area contributed by atoms with Crippen LogP contribution in [-0.4, -0.2) is 51.1 Å². The number of aliphatic hydroxyl groups is 4. The van der Waals surface area contributed by atoms with Crippen molar-refractivity contribution in [3.63, 3.8) is 0 Å². The maximum Gasteiger partial charge on any atom is 0.183 e. The van der Waals surface area contributed by atoms with Gasteiger partial charge < -0.3 is 25.2 Å². The van der Waals surface area contributed by atoms with E-state index < -0.39 is 30.7 Å². The molecule has 1 aliphatic heterocycles. The Balaban J connectivity index is 2.63. The first-order valence-corrected chi connectivity index (χ1v) is 3.41. The Kier molecular flexibility index (Phi) is 2.46. The standard InChI is InChI=1S/C6H12O5/c1-2-3(7)4(8)5(9)6(10)11-2/h2-10H,1H3/t2-,3+,4?,5-,6-/m1/s1. The van der Waals surface area contributed by atoms with Crippen LogP contribution in [0.15, 0.2) is 0 Å². The van der Waals surface area contributed by atoms with E-state index in [9.17, 15) is 0 Å². The number of hydrogen-bond acceptors (Lipinski definition) is 5. The lowest BCUT2D eigenvalue weighted by Gasteiger charge is -2.36. The molecule has 1 heterocycles. The molecule has 66 valence electrons. The van der Waals surface area contributed by atoms with Gasteiger partial charge in [-0.25, -0.2) is 0 Å². The molecule has 0 spiro atoms. The summed E-state index contributed by atoms with van der Waals surface area (Å²) in [6.45, 7) is 1.50. The Hall–Kier alpha value is -0.200. The highest BCUT2D eigenvalue weighted by Gasteiger charge is 2.40. The van der Waals surface area contributed by atoms with Crippen LogP contribution in [0, 0.1) is 0 Å². The summed E-state index contributed by atoms with van der Waals surface area (Å²) in [7, 11) is 0. The highest BCUT2D eigenvalue weighted by atomic mass is 16.6. The van der Waals surface area contributed by atoms with Crippen molar-refractivity contribution in [2.75, 3.05) is 0 Å². The third kappa shape index (κ3) is 1.52. The second-order valence-electron chi connectivity index (χ2n) is 2.70. The summed E-state index contributed by atoms with van der Waals surface area (Å²) < 4.78 is 4.68. The van der Waals surface area contributed by atoms with Crippen molar-refractivity contribution in [3.05, 3.63) is 0 Å². The van der Waals surface area contributed by atoms with Crippen LogP contribution in [0.2, 0.25) is 0 Å². The summed E-state index contributed by atoms with van der Waals surface area (Å²) in [5, 5.41) is 36.0. The zero-order valence-corrected chi connectivity index (χ0v) is 6.08. The van der Waals surface area contributed by atoms with Crippen LogP contribution < -0.4 is 0 Å². The lowest BCUT2D eigenvalue weighted by Crippen LogP contribution is -2.56. The molecule has 1 fully saturated rings. The zero-order chi connectivity index (χ0) is 8.59. The molecule has 5 nitrogen and oxygen atoms in total. The third-order valence-electron chi connectivity index (χ3n) is 1.83. The first kappa shape index (κ1) is 8.89. The smallest absolute Gasteiger partial charge is 0.183 e. The van der Waals surface area contributed by atoms with Crippen molar-refractivity contribution in [2.24, 2.45) is 0 Å². The van der Waals surface area contributed by atoms with E-state index in [0.717, 1.165) is 0 Å². The zero-order valence-electron chi connectivity index (χ0n) is 6.08. The molecule has 0 radical (unpaired) electrons. The largest absolute Gasteiger partial charge is 0.388 e. The Labute approximate surface area is 63.8 Å². The maximum atomic E-state index is 9.09. The average Bonchev–Trinajstić information content (AvgIpc) is 1.97. The normalized spacial score (nSPS) is 52.6. The summed E-state index contributed by atoms with van der Waals surface area (Å²) in [5.74, 6) is 0. The third-order valence-corrected chi connectivity index (χ3v) is 1.83. The van der Waals surface area contributed by atoms with E-state index in [1.807, 2.05) is 0 Å². The molecule has 0 aliphatic carbocycles. The molecular weight excluding hydrogens is 152 g/mol. The van der Waals surface area contributed by atoms with Gasteiger partial charge in [-0.1, -0.05) is 0 Å². The number of ether oxygens (including phenoxy) is 1. The van der Waals surface area contributed by atoms with E-state index in [1.165, 1.54) is 6.92 Å². The van der Waals surface area contributed by atoms with Crippen molar-refractivity contribution in [1.82, 2.24) is 0 Å². The van der Waals surface area contributed by atoms with E-state index in [4.69, 9.17) is 20.4 Å². The van der Waals surface area contributed by atoms with Crippen LogP contribution in [0.3, 0.4) is 0 Å². The molecule has 0 aromatic heterocycles. The average molecular weight is 164 g/mol. The number of rotatable bonds is 0. The summed E-state index contributed by atoms with van der Waals surface area (Å²) >= 11 is 0. The van der Waals surface area contributed by atoms with E-state index in [2.05, 4.69) is 4.74 Å². The molecule has 5 heteroatoms. The van der Waals surface area contributed by atoms with E-state index in [-0.39, 0.29) is 0 Å². The van der Waals surface area contributed by atoms with Crippen LogP contribution in [0.1, 0.15) is 6.92 Å². The van der Waals surface area contributed by atoms with E-state index in [1.54, 1.807) is 0 Å². The SMILES string of the molecule is C[C@H]1O[C@@H](O)[C@H](O)C(O)[C@H]1O. The van der Waals surface area contributed by atoms with Crippen molar-refractivity contribution in [2.45, 2.75) is 37.6 Å². The predicted molar refractivity (Wildman–Crippen MR) is 34.6 cm³/mol. The first-order chi connectivity index (χ1) is 5.04. The Morgan fingerprint density at radius 1 is 0.909 bits per heavy atom. The molecule has 1 aliphatic rings. The van der Waals surface area contributed by atoms with Gasteiger partial charge in [0.25, 0.3) is 0 Å². The molecular formula is C6H12O5. The highest BCUT2D eigenvalue weighted by Crippen LogP contribution is 2.18. The molecule has 4 N–H and O–H groups in total. The topological polar surface area (TPSA) is 90.2 Å². The van der Waals surface area contributed by atoms with E-state index >= 15 is 0 Å². The van der Waals surface area contributed by atoms with Crippen LogP contribution in [-0.2, 0) is 4.74 Å². The van der Waals surface area contributed by atoms with Gasteiger partial charge in [-0.3, -0.25) is 0 Å².